The van der Waals surface area contributed by atoms with Gasteiger partial charge >= 0.3 is 7.12 Å². The average Bonchev–Trinajstić information content (AvgIpc) is 3.23. The van der Waals surface area contributed by atoms with Gasteiger partial charge in [0, 0.05) is 12.7 Å². The average molecular weight is 400 g/mol. The smallest absolute Gasteiger partial charge is 0.423 e. The highest BCUT2D eigenvalue weighted by molar-refractivity contribution is 6.58. The van der Waals surface area contributed by atoms with Crippen LogP contribution >= 0.6 is 0 Å². The molecule has 8 nitrogen and oxygen atoms in total. The number of aromatic nitrogens is 3. The molecule has 0 bridgehead atoms. The standard InChI is InChI=1S/C21H21BN6O2/c23-12-17-7-8-18(13-25-17)26-21-24-10-9-19(27-21)20-2-1-11-28(20)14-15-3-5-16(6-4-15)22(29)30/h3-10,13,20,29-30H,1-2,11,14H2,(H,24,26,27). The van der Waals surface area contributed by atoms with Crippen LogP contribution in [0.5, 0.6) is 0 Å². The minimum atomic E-state index is -1.45. The van der Waals surface area contributed by atoms with E-state index >= 15 is 0 Å². The van der Waals surface area contributed by atoms with E-state index in [9.17, 15) is 10.0 Å². The van der Waals surface area contributed by atoms with E-state index in [1.165, 1.54) is 0 Å². The van der Waals surface area contributed by atoms with Gasteiger partial charge in [-0.25, -0.2) is 15.0 Å². The van der Waals surface area contributed by atoms with Crippen LogP contribution in [0, 0.1) is 11.3 Å². The Morgan fingerprint density at radius 1 is 1.13 bits per heavy atom. The van der Waals surface area contributed by atoms with Crippen LogP contribution < -0.4 is 10.8 Å². The fourth-order valence-electron chi connectivity index (χ4n) is 3.66. The highest BCUT2D eigenvalue weighted by atomic mass is 16.4. The Labute approximate surface area is 175 Å². The molecule has 1 fully saturated rings. The molecule has 1 saturated heterocycles. The highest BCUT2D eigenvalue weighted by Crippen LogP contribution is 2.32. The molecular weight excluding hydrogens is 379 g/mol. The number of nitrogens with one attached hydrogen (secondary N) is 1. The third-order valence-electron chi connectivity index (χ3n) is 5.18. The zero-order valence-electron chi connectivity index (χ0n) is 16.3. The molecule has 1 aromatic carbocycles. The van der Waals surface area contributed by atoms with Gasteiger partial charge in [0.15, 0.2) is 0 Å². The number of likely N-dealkylation sites (tertiary alicyclic amines) is 1. The summed E-state index contributed by atoms with van der Waals surface area (Å²) >= 11 is 0. The number of nitriles is 1. The summed E-state index contributed by atoms with van der Waals surface area (Å²) in [5.41, 5.74) is 3.64. The molecule has 30 heavy (non-hydrogen) atoms. The Hall–Kier alpha value is -3.32. The van der Waals surface area contributed by atoms with Crippen molar-refractivity contribution in [3.05, 3.63) is 71.8 Å². The van der Waals surface area contributed by atoms with E-state index in [0.717, 1.165) is 42.9 Å². The number of rotatable bonds is 6. The zero-order valence-corrected chi connectivity index (χ0v) is 16.3. The first-order valence-corrected chi connectivity index (χ1v) is 9.77. The van der Waals surface area contributed by atoms with Crippen molar-refractivity contribution in [3.8, 4) is 6.07 Å². The van der Waals surface area contributed by atoms with Gasteiger partial charge in [-0.05, 0) is 48.6 Å². The van der Waals surface area contributed by atoms with Gasteiger partial charge < -0.3 is 15.4 Å². The summed E-state index contributed by atoms with van der Waals surface area (Å²) < 4.78 is 0. The topological polar surface area (TPSA) is 118 Å². The molecule has 3 heterocycles. The van der Waals surface area contributed by atoms with Crippen molar-refractivity contribution >= 4 is 24.2 Å². The van der Waals surface area contributed by atoms with Crippen molar-refractivity contribution in [1.82, 2.24) is 19.9 Å². The van der Waals surface area contributed by atoms with Gasteiger partial charge in [0.25, 0.3) is 0 Å². The Bertz CT molecular complexity index is 1040. The lowest BCUT2D eigenvalue weighted by Crippen LogP contribution is -2.30. The van der Waals surface area contributed by atoms with Gasteiger partial charge in [-0.1, -0.05) is 24.3 Å². The summed E-state index contributed by atoms with van der Waals surface area (Å²) in [5, 5.41) is 30.5. The second-order valence-corrected chi connectivity index (χ2v) is 7.22. The van der Waals surface area contributed by atoms with Gasteiger partial charge in [-0.2, -0.15) is 5.26 Å². The number of nitrogens with zero attached hydrogens (tertiary/aromatic N) is 5. The van der Waals surface area contributed by atoms with Gasteiger partial charge in [-0.15, -0.1) is 0 Å². The fraction of sp³-hybridized carbons (Fsp3) is 0.238. The number of anilines is 2. The highest BCUT2D eigenvalue weighted by Gasteiger charge is 2.27. The molecule has 1 atom stereocenters. The van der Waals surface area contributed by atoms with E-state index in [1.54, 1.807) is 36.7 Å². The summed E-state index contributed by atoms with van der Waals surface area (Å²) in [4.78, 5) is 15.4. The molecule has 3 N–H and O–H groups in total. The van der Waals surface area contributed by atoms with E-state index in [0.29, 0.717) is 17.1 Å². The largest absolute Gasteiger partial charge is 0.488 e. The second-order valence-electron chi connectivity index (χ2n) is 7.22. The van der Waals surface area contributed by atoms with Crippen molar-refractivity contribution in [3.63, 3.8) is 0 Å². The lowest BCUT2D eigenvalue weighted by molar-refractivity contribution is 0.244. The van der Waals surface area contributed by atoms with Crippen LogP contribution in [0.2, 0.25) is 0 Å². The minimum Gasteiger partial charge on any atom is -0.423 e. The van der Waals surface area contributed by atoms with Crippen LogP contribution in [-0.2, 0) is 6.54 Å². The molecule has 4 rings (SSSR count). The third-order valence-corrected chi connectivity index (χ3v) is 5.18. The molecule has 0 aliphatic carbocycles. The first kappa shape index (κ1) is 20.0. The number of pyridine rings is 1. The molecule has 1 unspecified atom stereocenters. The van der Waals surface area contributed by atoms with Gasteiger partial charge in [0.2, 0.25) is 5.95 Å². The summed E-state index contributed by atoms with van der Waals surface area (Å²) in [5.74, 6) is 0.493. The van der Waals surface area contributed by atoms with Crippen molar-refractivity contribution in [2.24, 2.45) is 0 Å². The van der Waals surface area contributed by atoms with Gasteiger partial charge in [-0.3, -0.25) is 4.90 Å². The SMILES string of the molecule is N#Cc1ccc(Nc2nccc(C3CCCN3Cc3ccc(B(O)O)cc3)n2)cn1. The minimum absolute atomic E-state index is 0.191. The van der Waals surface area contributed by atoms with Crippen molar-refractivity contribution in [1.29, 1.82) is 5.26 Å². The monoisotopic (exact) mass is 400 g/mol. The Kier molecular flexibility index (Phi) is 6.00. The lowest BCUT2D eigenvalue weighted by atomic mass is 9.80. The van der Waals surface area contributed by atoms with Crippen molar-refractivity contribution < 1.29 is 10.0 Å². The lowest BCUT2D eigenvalue weighted by Gasteiger charge is -2.24. The molecule has 0 radical (unpaired) electrons. The van der Waals surface area contributed by atoms with Gasteiger partial charge in [0.05, 0.1) is 23.6 Å². The molecule has 9 heteroatoms. The predicted molar refractivity (Wildman–Crippen MR) is 113 cm³/mol. The third kappa shape index (κ3) is 4.63. The summed E-state index contributed by atoms with van der Waals surface area (Å²) in [7, 11) is -1.45. The number of benzene rings is 1. The van der Waals surface area contributed by atoms with E-state index in [1.807, 2.05) is 24.3 Å². The first-order valence-electron chi connectivity index (χ1n) is 9.77. The first-order chi connectivity index (χ1) is 14.6. The van der Waals surface area contributed by atoms with Crippen LogP contribution in [0.25, 0.3) is 0 Å². The van der Waals surface area contributed by atoms with Crippen molar-refractivity contribution in [2.45, 2.75) is 25.4 Å². The Morgan fingerprint density at radius 2 is 1.97 bits per heavy atom. The normalized spacial score (nSPS) is 16.2. The van der Waals surface area contributed by atoms with E-state index in [-0.39, 0.29) is 6.04 Å². The molecule has 0 saturated carbocycles. The molecule has 150 valence electrons. The molecule has 1 aliphatic rings. The molecule has 0 amide bonds. The Balaban J connectivity index is 1.47. The van der Waals surface area contributed by atoms with Crippen LogP contribution in [-0.4, -0.2) is 43.6 Å². The molecular formula is C21H21BN6O2. The van der Waals surface area contributed by atoms with Crippen LogP contribution in [0.3, 0.4) is 0 Å². The number of hydrogen-bond donors (Lipinski definition) is 3. The fourth-order valence-corrected chi connectivity index (χ4v) is 3.66. The summed E-state index contributed by atoms with van der Waals surface area (Å²) in [6.45, 7) is 1.74. The van der Waals surface area contributed by atoms with E-state index < -0.39 is 7.12 Å². The van der Waals surface area contributed by atoms with Crippen LogP contribution in [0.4, 0.5) is 11.6 Å². The quantitative estimate of drug-likeness (QED) is 0.533. The maximum absolute atomic E-state index is 9.25. The number of hydrogen-bond acceptors (Lipinski definition) is 8. The zero-order chi connectivity index (χ0) is 20.9. The van der Waals surface area contributed by atoms with Crippen molar-refractivity contribution in [2.75, 3.05) is 11.9 Å². The Morgan fingerprint density at radius 3 is 2.67 bits per heavy atom. The van der Waals surface area contributed by atoms with Crippen LogP contribution in [0.15, 0.2) is 54.9 Å². The molecule has 1 aliphatic heterocycles. The summed E-state index contributed by atoms with van der Waals surface area (Å²) in [6, 6.07) is 14.9. The van der Waals surface area contributed by atoms with E-state index in [2.05, 4.69) is 20.2 Å². The maximum atomic E-state index is 9.25. The second kappa shape index (κ2) is 9.01. The van der Waals surface area contributed by atoms with Crippen LogP contribution in [0.1, 0.15) is 35.8 Å². The predicted octanol–water partition coefficient (Wildman–Crippen LogP) is 1.50. The molecule has 3 aromatic rings. The van der Waals surface area contributed by atoms with Gasteiger partial charge in [0.1, 0.15) is 11.8 Å². The molecule has 0 spiro atoms. The van der Waals surface area contributed by atoms with E-state index in [4.69, 9.17) is 10.2 Å². The molecule has 2 aromatic heterocycles. The summed E-state index contributed by atoms with van der Waals surface area (Å²) in [6.07, 6.45) is 5.44. The maximum Gasteiger partial charge on any atom is 0.488 e.